The number of hydrogen-bond donors (Lipinski definition) is 0. The zero-order valence-corrected chi connectivity index (χ0v) is 11.5. The smallest absolute Gasteiger partial charge is 0.184 e. The van der Waals surface area contributed by atoms with E-state index in [0.29, 0.717) is 16.1 Å². The van der Waals surface area contributed by atoms with Crippen LogP contribution in [0.15, 0.2) is 42.5 Å². The van der Waals surface area contributed by atoms with Crippen LogP contribution in [0.2, 0.25) is 5.02 Å². The van der Waals surface area contributed by atoms with Gasteiger partial charge in [-0.3, -0.25) is 4.79 Å². The summed E-state index contributed by atoms with van der Waals surface area (Å²) in [7, 11) is 0. The SMILES string of the molecule is Cc1cc(F)cc(C(=O)C(C#N)c2cccc(Cl)c2)c1. The summed E-state index contributed by atoms with van der Waals surface area (Å²) in [6.07, 6.45) is 0. The summed E-state index contributed by atoms with van der Waals surface area (Å²) in [5, 5.41) is 9.68. The van der Waals surface area contributed by atoms with E-state index in [9.17, 15) is 14.4 Å². The largest absolute Gasteiger partial charge is 0.292 e. The van der Waals surface area contributed by atoms with Gasteiger partial charge in [0.1, 0.15) is 11.7 Å². The van der Waals surface area contributed by atoms with Crippen LogP contribution in [0.4, 0.5) is 4.39 Å². The predicted octanol–water partition coefficient (Wildman–Crippen LogP) is 4.28. The molecule has 20 heavy (non-hydrogen) atoms. The van der Waals surface area contributed by atoms with Crippen LogP contribution in [0, 0.1) is 24.1 Å². The fraction of sp³-hybridized carbons (Fsp3) is 0.125. The van der Waals surface area contributed by atoms with Crippen molar-refractivity contribution >= 4 is 17.4 Å². The van der Waals surface area contributed by atoms with Gasteiger partial charge >= 0.3 is 0 Å². The first kappa shape index (κ1) is 14.2. The molecule has 0 saturated heterocycles. The van der Waals surface area contributed by atoms with Gasteiger partial charge in [-0.05, 0) is 48.4 Å². The molecule has 0 aliphatic rings. The van der Waals surface area contributed by atoms with Crippen LogP contribution in [0.25, 0.3) is 0 Å². The third-order valence-corrected chi connectivity index (χ3v) is 3.14. The minimum Gasteiger partial charge on any atom is -0.292 e. The van der Waals surface area contributed by atoms with Crippen LogP contribution in [-0.4, -0.2) is 5.78 Å². The van der Waals surface area contributed by atoms with Gasteiger partial charge in [0.05, 0.1) is 6.07 Å². The number of carbonyl (C=O) groups excluding carboxylic acids is 1. The number of carbonyl (C=O) groups is 1. The maximum atomic E-state index is 13.4. The minimum atomic E-state index is -0.991. The Morgan fingerprint density at radius 3 is 2.65 bits per heavy atom. The Balaban J connectivity index is 2.42. The fourth-order valence-corrected chi connectivity index (χ4v) is 2.21. The molecule has 4 heteroatoms. The third-order valence-electron chi connectivity index (χ3n) is 2.90. The number of aryl methyl sites for hydroxylation is 1. The Morgan fingerprint density at radius 1 is 1.30 bits per heavy atom. The van der Waals surface area contributed by atoms with E-state index >= 15 is 0 Å². The number of benzene rings is 2. The minimum absolute atomic E-state index is 0.189. The lowest BCUT2D eigenvalue weighted by Crippen LogP contribution is -2.11. The number of halogens is 2. The summed E-state index contributed by atoms with van der Waals surface area (Å²) in [6, 6.07) is 12.6. The van der Waals surface area contributed by atoms with E-state index in [1.807, 2.05) is 6.07 Å². The molecule has 0 aromatic heterocycles. The van der Waals surface area contributed by atoms with Crippen molar-refractivity contribution in [3.63, 3.8) is 0 Å². The molecule has 100 valence electrons. The van der Waals surface area contributed by atoms with E-state index in [1.165, 1.54) is 6.07 Å². The highest BCUT2D eigenvalue weighted by molar-refractivity contribution is 6.30. The van der Waals surface area contributed by atoms with Crippen molar-refractivity contribution in [1.82, 2.24) is 0 Å². The number of rotatable bonds is 3. The summed E-state index contributed by atoms with van der Waals surface area (Å²) in [6.45, 7) is 1.70. The number of Topliss-reactive ketones (excluding diaryl/α,β-unsaturated/α-hetero) is 1. The summed E-state index contributed by atoms with van der Waals surface area (Å²) < 4.78 is 13.4. The van der Waals surface area contributed by atoms with Crippen molar-refractivity contribution in [2.75, 3.05) is 0 Å². The van der Waals surface area contributed by atoms with Crippen molar-refractivity contribution in [2.45, 2.75) is 12.8 Å². The van der Waals surface area contributed by atoms with Gasteiger partial charge in [-0.1, -0.05) is 23.7 Å². The average molecular weight is 288 g/mol. The summed E-state index contributed by atoms with van der Waals surface area (Å²) in [5.74, 6) is -1.91. The lowest BCUT2D eigenvalue weighted by atomic mass is 9.91. The van der Waals surface area contributed by atoms with Gasteiger partial charge in [0.25, 0.3) is 0 Å². The molecule has 0 bridgehead atoms. The van der Waals surface area contributed by atoms with E-state index in [-0.39, 0.29) is 5.56 Å². The number of hydrogen-bond acceptors (Lipinski definition) is 2. The van der Waals surface area contributed by atoms with Gasteiger partial charge in [0, 0.05) is 10.6 Å². The van der Waals surface area contributed by atoms with E-state index in [4.69, 9.17) is 11.6 Å². The van der Waals surface area contributed by atoms with E-state index in [1.54, 1.807) is 37.3 Å². The zero-order chi connectivity index (χ0) is 14.7. The van der Waals surface area contributed by atoms with Crippen molar-refractivity contribution in [3.8, 4) is 6.07 Å². The molecule has 0 spiro atoms. The first-order valence-electron chi connectivity index (χ1n) is 5.98. The van der Waals surface area contributed by atoms with Crippen LogP contribution in [-0.2, 0) is 0 Å². The first-order valence-corrected chi connectivity index (χ1v) is 6.35. The highest BCUT2D eigenvalue weighted by Crippen LogP contribution is 2.24. The zero-order valence-electron chi connectivity index (χ0n) is 10.7. The molecule has 0 amide bonds. The molecule has 0 N–H and O–H groups in total. The molecule has 2 aromatic carbocycles. The van der Waals surface area contributed by atoms with Crippen LogP contribution in [0.3, 0.4) is 0 Å². The number of nitriles is 1. The Morgan fingerprint density at radius 2 is 2.05 bits per heavy atom. The molecule has 0 fully saturated rings. The fourth-order valence-electron chi connectivity index (χ4n) is 2.02. The second kappa shape index (κ2) is 5.85. The topological polar surface area (TPSA) is 40.9 Å². The van der Waals surface area contributed by atoms with Gasteiger partial charge in [-0.15, -0.1) is 0 Å². The van der Waals surface area contributed by atoms with Crippen LogP contribution < -0.4 is 0 Å². The van der Waals surface area contributed by atoms with Crippen LogP contribution in [0.1, 0.15) is 27.4 Å². The van der Waals surface area contributed by atoms with Crippen LogP contribution in [0.5, 0.6) is 0 Å². The van der Waals surface area contributed by atoms with Gasteiger partial charge in [0.15, 0.2) is 5.78 Å². The maximum Gasteiger partial charge on any atom is 0.184 e. The van der Waals surface area contributed by atoms with Crippen LogP contribution >= 0.6 is 11.6 Å². The van der Waals surface area contributed by atoms with Crippen molar-refractivity contribution in [2.24, 2.45) is 0 Å². The Kier molecular flexibility index (Phi) is 4.16. The molecule has 2 rings (SSSR count). The van der Waals surface area contributed by atoms with E-state index < -0.39 is 17.5 Å². The van der Waals surface area contributed by atoms with E-state index in [0.717, 1.165) is 6.07 Å². The third kappa shape index (κ3) is 3.04. The van der Waals surface area contributed by atoms with Crippen molar-refractivity contribution < 1.29 is 9.18 Å². The Hall–Kier alpha value is -2.18. The number of ketones is 1. The molecule has 0 aliphatic heterocycles. The summed E-state index contributed by atoms with van der Waals surface area (Å²) in [4.78, 5) is 12.4. The Bertz CT molecular complexity index is 686. The monoisotopic (exact) mass is 287 g/mol. The molecule has 1 unspecified atom stereocenters. The second-order valence-electron chi connectivity index (χ2n) is 4.50. The molecular weight excluding hydrogens is 277 g/mol. The molecule has 0 aliphatic carbocycles. The molecule has 0 radical (unpaired) electrons. The van der Waals surface area contributed by atoms with Gasteiger partial charge in [-0.2, -0.15) is 5.26 Å². The van der Waals surface area contributed by atoms with Crippen molar-refractivity contribution in [3.05, 3.63) is 70.0 Å². The molecule has 2 nitrogen and oxygen atoms in total. The highest BCUT2D eigenvalue weighted by Gasteiger charge is 2.22. The van der Waals surface area contributed by atoms with E-state index in [2.05, 4.69) is 0 Å². The normalized spacial score (nSPS) is 11.7. The second-order valence-corrected chi connectivity index (χ2v) is 4.94. The molecule has 1 atom stereocenters. The summed E-state index contributed by atoms with van der Waals surface area (Å²) in [5.41, 5.74) is 1.33. The predicted molar refractivity (Wildman–Crippen MR) is 75.3 cm³/mol. The van der Waals surface area contributed by atoms with Crippen molar-refractivity contribution in [1.29, 1.82) is 5.26 Å². The first-order chi connectivity index (χ1) is 9.51. The highest BCUT2D eigenvalue weighted by atomic mass is 35.5. The van der Waals surface area contributed by atoms with Gasteiger partial charge in [0.2, 0.25) is 0 Å². The standard InChI is InChI=1S/C16H11ClFNO/c1-10-5-12(8-14(18)6-10)16(20)15(9-19)11-3-2-4-13(17)7-11/h2-8,15H,1H3. The average Bonchev–Trinajstić information content (AvgIpc) is 2.38. The lowest BCUT2D eigenvalue weighted by Gasteiger charge is -2.10. The molecule has 0 saturated carbocycles. The molecular formula is C16H11ClFNO. The molecule has 0 heterocycles. The quantitative estimate of drug-likeness (QED) is 0.791. The maximum absolute atomic E-state index is 13.4. The Labute approximate surface area is 121 Å². The summed E-state index contributed by atoms with van der Waals surface area (Å²) >= 11 is 5.87. The number of nitrogens with zero attached hydrogens (tertiary/aromatic N) is 1. The van der Waals surface area contributed by atoms with Gasteiger partial charge in [-0.25, -0.2) is 4.39 Å². The van der Waals surface area contributed by atoms with Gasteiger partial charge < -0.3 is 0 Å². The lowest BCUT2D eigenvalue weighted by molar-refractivity contribution is 0.0978. The molecule has 2 aromatic rings.